The Balaban J connectivity index is 1.77. The minimum Gasteiger partial charge on any atom is -0.356 e. The van der Waals surface area contributed by atoms with Gasteiger partial charge in [0.2, 0.25) is 11.8 Å². The topological polar surface area (TPSA) is 52.7 Å². The molecule has 1 heterocycles. The summed E-state index contributed by atoms with van der Waals surface area (Å²) >= 11 is 0. The molecule has 0 aromatic rings. The number of rotatable bonds is 5. The number of likely N-dealkylation sites (N-methyl/N-ethyl adjacent to an activating group) is 1. The van der Waals surface area contributed by atoms with Gasteiger partial charge in [0.1, 0.15) is 0 Å². The standard InChI is InChI=1S/C15H27N3O2/c1-3-16-15(20)12-8-9-18(10-12)14(19)11-17(2)13-6-4-5-7-13/h12-13H,3-11H2,1-2H3,(H,16,20)/t12-/m1/s1. The zero-order valence-electron chi connectivity index (χ0n) is 12.7. The lowest BCUT2D eigenvalue weighted by Gasteiger charge is -2.26. The van der Waals surface area contributed by atoms with Crippen molar-refractivity contribution in [3.05, 3.63) is 0 Å². The second-order valence-electron chi connectivity index (χ2n) is 6.07. The highest BCUT2D eigenvalue weighted by Crippen LogP contribution is 2.23. The first-order chi connectivity index (χ1) is 9.61. The van der Waals surface area contributed by atoms with Gasteiger partial charge < -0.3 is 10.2 Å². The Labute approximate surface area is 121 Å². The largest absolute Gasteiger partial charge is 0.356 e. The van der Waals surface area contributed by atoms with E-state index in [1.54, 1.807) is 0 Å². The quantitative estimate of drug-likeness (QED) is 0.812. The second-order valence-corrected chi connectivity index (χ2v) is 6.07. The zero-order valence-corrected chi connectivity index (χ0v) is 12.7. The van der Waals surface area contributed by atoms with E-state index in [0.29, 0.717) is 25.7 Å². The summed E-state index contributed by atoms with van der Waals surface area (Å²) in [7, 11) is 2.05. The fourth-order valence-electron chi connectivity index (χ4n) is 3.31. The van der Waals surface area contributed by atoms with Crippen molar-refractivity contribution < 1.29 is 9.59 Å². The van der Waals surface area contributed by atoms with Crippen LogP contribution in [-0.4, -0.2) is 60.9 Å². The van der Waals surface area contributed by atoms with Crippen molar-refractivity contribution in [1.82, 2.24) is 15.1 Å². The summed E-state index contributed by atoms with van der Waals surface area (Å²) in [6, 6.07) is 0.570. The Morgan fingerprint density at radius 1 is 1.25 bits per heavy atom. The summed E-state index contributed by atoms with van der Waals surface area (Å²) in [5, 5.41) is 2.85. The van der Waals surface area contributed by atoms with E-state index in [4.69, 9.17) is 0 Å². The van der Waals surface area contributed by atoms with Crippen LogP contribution >= 0.6 is 0 Å². The van der Waals surface area contributed by atoms with Crippen molar-refractivity contribution in [2.24, 2.45) is 5.92 Å². The van der Waals surface area contributed by atoms with Crippen LogP contribution in [0.25, 0.3) is 0 Å². The molecule has 0 unspecified atom stereocenters. The van der Waals surface area contributed by atoms with Gasteiger partial charge in [-0.2, -0.15) is 0 Å². The zero-order chi connectivity index (χ0) is 14.5. The Morgan fingerprint density at radius 2 is 1.95 bits per heavy atom. The van der Waals surface area contributed by atoms with E-state index in [0.717, 1.165) is 13.0 Å². The highest BCUT2D eigenvalue weighted by Gasteiger charge is 2.31. The molecule has 2 fully saturated rings. The third-order valence-electron chi connectivity index (χ3n) is 4.60. The first-order valence-electron chi connectivity index (χ1n) is 7.87. The summed E-state index contributed by atoms with van der Waals surface area (Å²) in [5.74, 6) is 0.244. The summed E-state index contributed by atoms with van der Waals surface area (Å²) in [4.78, 5) is 28.1. The average Bonchev–Trinajstić information content (AvgIpc) is 3.10. The van der Waals surface area contributed by atoms with Crippen LogP contribution in [0.2, 0.25) is 0 Å². The van der Waals surface area contributed by atoms with Crippen LogP contribution in [0.5, 0.6) is 0 Å². The van der Waals surface area contributed by atoms with Gasteiger partial charge in [-0.15, -0.1) is 0 Å². The normalized spacial score (nSPS) is 23.6. The minimum atomic E-state index is -0.0179. The lowest BCUT2D eigenvalue weighted by atomic mass is 10.1. The Kier molecular flexibility index (Phi) is 5.40. The molecular weight excluding hydrogens is 254 g/mol. The lowest BCUT2D eigenvalue weighted by molar-refractivity contribution is -0.132. The summed E-state index contributed by atoms with van der Waals surface area (Å²) in [6.07, 6.45) is 5.79. The van der Waals surface area contributed by atoms with Gasteiger partial charge >= 0.3 is 0 Å². The van der Waals surface area contributed by atoms with Crippen molar-refractivity contribution in [2.75, 3.05) is 33.2 Å². The molecule has 0 aromatic carbocycles. The lowest BCUT2D eigenvalue weighted by Crippen LogP contribution is -2.42. The van der Waals surface area contributed by atoms with Crippen LogP contribution in [0.3, 0.4) is 0 Å². The van der Waals surface area contributed by atoms with E-state index in [9.17, 15) is 9.59 Å². The molecule has 0 spiro atoms. The van der Waals surface area contributed by atoms with Crippen LogP contribution in [-0.2, 0) is 9.59 Å². The van der Waals surface area contributed by atoms with E-state index >= 15 is 0 Å². The van der Waals surface area contributed by atoms with Gasteiger partial charge in [0.05, 0.1) is 12.5 Å². The maximum atomic E-state index is 12.3. The Morgan fingerprint density at radius 3 is 2.60 bits per heavy atom. The number of carbonyl (C=O) groups excluding carboxylic acids is 2. The number of hydrogen-bond donors (Lipinski definition) is 1. The highest BCUT2D eigenvalue weighted by molar-refractivity contribution is 5.82. The number of carbonyl (C=O) groups is 2. The van der Waals surface area contributed by atoms with Gasteiger partial charge in [0.15, 0.2) is 0 Å². The molecule has 1 saturated heterocycles. The van der Waals surface area contributed by atoms with Crippen LogP contribution in [0.1, 0.15) is 39.0 Å². The first-order valence-corrected chi connectivity index (χ1v) is 7.87. The Hall–Kier alpha value is -1.10. The van der Waals surface area contributed by atoms with Gasteiger partial charge in [-0.25, -0.2) is 0 Å². The third kappa shape index (κ3) is 3.72. The molecule has 1 aliphatic heterocycles. The molecule has 20 heavy (non-hydrogen) atoms. The van der Waals surface area contributed by atoms with Crippen molar-refractivity contribution >= 4 is 11.8 Å². The third-order valence-corrected chi connectivity index (χ3v) is 4.60. The maximum Gasteiger partial charge on any atom is 0.236 e. The highest BCUT2D eigenvalue weighted by atomic mass is 16.2. The monoisotopic (exact) mass is 281 g/mol. The maximum absolute atomic E-state index is 12.3. The number of likely N-dealkylation sites (tertiary alicyclic amines) is 1. The van der Waals surface area contributed by atoms with Gasteiger partial charge in [0.25, 0.3) is 0 Å². The second kappa shape index (κ2) is 7.07. The fourth-order valence-corrected chi connectivity index (χ4v) is 3.31. The van der Waals surface area contributed by atoms with E-state index in [1.807, 2.05) is 18.9 Å². The van der Waals surface area contributed by atoms with Gasteiger partial charge in [-0.3, -0.25) is 14.5 Å². The van der Waals surface area contributed by atoms with Crippen LogP contribution in [0.15, 0.2) is 0 Å². The summed E-state index contributed by atoms with van der Waals surface area (Å²) < 4.78 is 0. The average molecular weight is 281 g/mol. The predicted octanol–water partition coefficient (Wildman–Crippen LogP) is 0.845. The van der Waals surface area contributed by atoms with Crippen molar-refractivity contribution in [3.63, 3.8) is 0 Å². The van der Waals surface area contributed by atoms with Crippen LogP contribution < -0.4 is 5.32 Å². The number of hydrogen-bond acceptors (Lipinski definition) is 3. The molecule has 114 valence electrons. The molecule has 1 aliphatic carbocycles. The van der Waals surface area contributed by atoms with Crippen molar-refractivity contribution in [3.8, 4) is 0 Å². The SMILES string of the molecule is CCNC(=O)[C@@H]1CCN(C(=O)CN(C)C2CCCC2)C1. The van der Waals surface area contributed by atoms with Gasteiger partial charge in [-0.05, 0) is 33.2 Å². The molecule has 0 radical (unpaired) electrons. The van der Waals surface area contributed by atoms with Crippen molar-refractivity contribution in [2.45, 2.75) is 45.1 Å². The number of nitrogens with zero attached hydrogens (tertiary/aromatic N) is 2. The van der Waals surface area contributed by atoms with Crippen LogP contribution in [0.4, 0.5) is 0 Å². The van der Waals surface area contributed by atoms with E-state index < -0.39 is 0 Å². The molecule has 5 heteroatoms. The van der Waals surface area contributed by atoms with Gasteiger partial charge in [-0.1, -0.05) is 12.8 Å². The molecule has 0 aromatic heterocycles. The van der Waals surface area contributed by atoms with E-state index in [2.05, 4.69) is 10.2 Å². The molecule has 2 aliphatic rings. The Bertz CT molecular complexity index is 353. The smallest absolute Gasteiger partial charge is 0.236 e. The molecular formula is C15H27N3O2. The minimum absolute atomic E-state index is 0.0179. The molecule has 0 bridgehead atoms. The molecule has 1 saturated carbocycles. The molecule has 5 nitrogen and oxygen atoms in total. The summed E-state index contributed by atoms with van der Waals surface area (Å²) in [5.41, 5.74) is 0. The molecule has 1 N–H and O–H groups in total. The van der Waals surface area contributed by atoms with Crippen LogP contribution in [0, 0.1) is 5.92 Å². The molecule has 1 atom stereocenters. The van der Waals surface area contributed by atoms with E-state index in [-0.39, 0.29) is 17.7 Å². The fraction of sp³-hybridized carbons (Fsp3) is 0.867. The van der Waals surface area contributed by atoms with Crippen molar-refractivity contribution in [1.29, 1.82) is 0 Å². The number of nitrogens with one attached hydrogen (secondary N) is 1. The number of amides is 2. The van der Waals surface area contributed by atoms with E-state index in [1.165, 1.54) is 25.7 Å². The van der Waals surface area contributed by atoms with Gasteiger partial charge in [0, 0.05) is 25.7 Å². The summed E-state index contributed by atoms with van der Waals surface area (Å²) in [6.45, 7) is 4.38. The first kappa shape index (κ1) is 15.3. The molecule has 2 rings (SSSR count). The molecule has 2 amide bonds. The predicted molar refractivity (Wildman–Crippen MR) is 78.3 cm³/mol.